The van der Waals surface area contributed by atoms with Gasteiger partial charge in [-0.3, -0.25) is 14.1 Å². The van der Waals surface area contributed by atoms with E-state index in [1.54, 1.807) is 67.6 Å². The molecule has 0 fully saturated rings. The molecule has 0 aliphatic heterocycles. The zero-order valence-electron chi connectivity index (χ0n) is 17.4. The molecule has 1 heterocycles. The molecule has 0 saturated heterocycles. The van der Waals surface area contributed by atoms with Crippen molar-refractivity contribution >= 4 is 38.4 Å². The second kappa shape index (κ2) is 8.35. The maximum Gasteiger partial charge on any atom is 0.420 e. The highest BCUT2D eigenvalue weighted by atomic mass is 32.2. The van der Waals surface area contributed by atoms with Crippen molar-refractivity contribution in [3.63, 3.8) is 0 Å². The molecular weight excluding hydrogens is 430 g/mol. The van der Waals surface area contributed by atoms with Crippen LogP contribution in [-0.4, -0.2) is 18.9 Å². The average Bonchev–Trinajstić information content (AvgIpc) is 3.10. The number of rotatable bonds is 6. The molecule has 0 radical (unpaired) electrons. The first-order valence-corrected chi connectivity index (χ1v) is 11.3. The van der Waals surface area contributed by atoms with Gasteiger partial charge in [0.2, 0.25) is 5.91 Å². The van der Waals surface area contributed by atoms with Crippen LogP contribution in [0.3, 0.4) is 0 Å². The van der Waals surface area contributed by atoms with Crippen LogP contribution >= 0.6 is 0 Å². The third kappa shape index (κ3) is 4.28. The van der Waals surface area contributed by atoms with E-state index in [4.69, 9.17) is 4.42 Å². The third-order valence-electron chi connectivity index (χ3n) is 5.02. The Kier molecular flexibility index (Phi) is 5.58. The topological polar surface area (TPSA) is 110 Å². The largest absolute Gasteiger partial charge is 0.420 e. The lowest BCUT2D eigenvalue weighted by molar-refractivity contribution is -0.118. The van der Waals surface area contributed by atoms with E-state index in [0.29, 0.717) is 22.5 Å². The summed E-state index contributed by atoms with van der Waals surface area (Å²) in [4.78, 5) is 25.1. The molecule has 1 amide bonds. The number of para-hydroxylation sites is 2. The van der Waals surface area contributed by atoms with E-state index in [1.165, 1.54) is 16.7 Å². The molecule has 0 aliphatic carbocycles. The van der Waals surface area contributed by atoms with Gasteiger partial charge < -0.3 is 9.73 Å². The monoisotopic (exact) mass is 451 g/mol. The molecule has 32 heavy (non-hydrogen) atoms. The molecule has 8 nitrogen and oxygen atoms in total. The van der Waals surface area contributed by atoms with Gasteiger partial charge in [0.25, 0.3) is 10.0 Å². The number of benzene rings is 3. The molecule has 1 atom stereocenters. The molecule has 1 aromatic heterocycles. The number of nitrogens with one attached hydrogen (secondary N) is 2. The van der Waals surface area contributed by atoms with Crippen LogP contribution in [0.15, 0.2) is 86.9 Å². The van der Waals surface area contributed by atoms with E-state index >= 15 is 0 Å². The van der Waals surface area contributed by atoms with E-state index in [1.807, 2.05) is 6.92 Å². The molecule has 2 N–H and O–H groups in total. The van der Waals surface area contributed by atoms with Crippen LogP contribution in [0.4, 0.5) is 11.4 Å². The van der Waals surface area contributed by atoms with Crippen LogP contribution in [0.1, 0.15) is 18.5 Å². The second-order valence-corrected chi connectivity index (χ2v) is 9.05. The van der Waals surface area contributed by atoms with Crippen LogP contribution in [0, 0.1) is 6.92 Å². The Hall–Kier alpha value is -3.85. The summed E-state index contributed by atoms with van der Waals surface area (Å²) in [6, 6.07) is 18.8. The van der Waals surface area contributed by atoms with Crippen molar-refractivity contribution < 1.29 is 17.6 Å². The predicted molar refractivity (Wildman–Crippen MR) is 122 cm³/mol. The number of aromatic nitrogens is 1. The van der Waals surface area contributed by atoms with Gasteiger partial charge in [-0.05, 0) is 62.4 Å². The zero-order chi connectivity index (χ0) is 22.9. The summed E-state index contributed by atoms with van der Waals surface area (Å²) in [5, 5.41) is 2.73. The van der Waals surface area contributed by atoms with Gasteiger partial charge in [0.05, 0.1) is 10.4 Å². The molecule has 9 heteroatoms. The molecule has 0 bridgehead atoms. The fraction of sp³-hybridized carbons (Fsp3) is 0.130. The smallest absolute Gasteiger partial charge is 0.408 e. The Balaban J connectivity index is 1.47. The zero-order valence-corrected chi connectivity index (χ0v) is 18.2. The number of anilines is 2. The molecule has 4 rings (SSSR count). The number of nitrogens with zero attached hydrogens (tertiary/aromatic N) is 1. The molecule has 0 saturated carbocycles. The highest BCUT2D eigenvalue weighted by Crippen LogP contribution is 2.21. The Labute approximate surface area is 184 Å². The average molecular weight is 452 g/mol. The molecule has 0 spiro atoms. The number of fused-ring (bicyclic) bond motifs is 1. The van der Waals surface area contributed by atoms with Gasteiger partial charge in [0, 0.05) is 11.4 Å². The Bertz CT molecular complexity index is 1440. The van der Waals surface area contributed by atoms with Crippen molar-refractivity contribution in [1.29, 1.82) is 0 Å². The SMILES string of the molecule is Cc1ccc(S(=O)(=O)Nc2ccc(NC(=O)C(C)n3c(=O)oc4ccccc43)cc2)cc1. The number of sulfonamides is 1. The summed E-state index contributed by atoms with van der Waals surface area (Å²) in [5.74, 6) is -1.03. The lowest BCUT2D eigenvalue weighted by Crippen LogP contribution is -2.29. The van der Waals surface area contributed by atoms with Gasteiger partial charge in [-0.25, -0.2) is 13.2 Å². The number of carbonyl (C=O) groups is 1. The fourth-order valence-electron chi connectivity index (χ4n) is 3.27. The van der Waals surface area contributed by atoms with Crippen molar-refractivity contribution in [3.8, 4) is 0 Å². The van der Waals surface area contributed by atoms with Crippen LogP contribution in [0.5, 0.6) is 0 Å². The van der Waals surface area contributed by atoms with Gasteiger partial charge >= 0.3 is 5.76 Å². The van der Waals surface area contributed by atoms with Crippen molar-refractivity contribution in [2.45, 2.75) is 24.8 Å². The van der Waals surface area contributed by atoms with Crippen LogP contribution < -0.4 is 15.8 Å². The minimum absolute atomic E-state index is 0.159. The summed E-state index contributed by atoms with van der Waals surface area (Å²) < 4.78 is 34.0. The van der Waals surface area contributed by atoms with E-state index in [9.17, 15) is 18.0 Å². The third-order valence-corrected chi connectivity index (χ3v) is 6.42. The quantitative estimate of drug-likeness (QED) is 0.462. The Morgan fingerprint density at radius 2 is 1.56 bits per heavy atom. The van der Waals surface area contributed by atoms with Gasteiger partial charge in [-0.15, -0.1) is 0 Å². The van der Waals surface area contributed by atoms with Crippen molar-refractivity contribution in [3.05, 3.63) is 88.9 Å². The van der Waals surface area contributed by atoms with Gasteiger partial charge in [-0.2, -0.15) is 0 Å². The fourth-order valence-corrected chi connectivity index (χ4v) is 4.33. The highest BCUT2D eigenvalue weighted by molar-refractivity contribution is 7.92. The minimum atomic E-state index is -3.72. The number of hydrogen-bond donors (Lipinski definition) is 2. The number of carbonyl (C=O) groups excluding carboxylic acids is 1. The maximum atomic E-state index is 12.7. The first kappa shape index (κ1) is 21.4. The first-order chi connectivity index (χ1) is 15.2. The van der Waals surface area contributed by atoms with Crippen molar-refractivity contribution in [2.24, 2.45) is 0 Å². The molecule has 1 unspecified atom stereocenters. The molecule has 3 aromatic carbocycles. The van der Waals surface area contributed by atoms with Gasteiger partial charge in [-0.1, -0.05) is 29.8 Å². The minimum Gasteiger partial charge on any atom is -0.408 e. The summed E-state index contributed by atoms with van der Waals surface area (Å²) in [6.45, 7) is 3.48. The Morgan fingerprint density at radius 3 is 2.25 bits per heavy atom. The number of oxazole rings is 1. The molecule has 164 valence electrons. The normalized spacial score (nSPS) is 12.4. The molecule has 4 aromatic rings. The van der Waals surface area contributed by atoms with Crippen LogP contribution in [0.25, 0.3) is 11.1 Å². The van der Waals surface area contributed by atoms with Crippen molar-refractivity contribution in [1.82, 2.24) is 4.57 Å². The number of amides is 1. The Morgan fingerprint density at radius 1 is 0.938 bits per heavy atom. The van der Waals surface area contributed by atoms with Gasteiger partial charge in [0.1, 0.15) is 6.04 Å². The summed E-state index contributed by atoms with van der Waals surface area (Å²) in [6.07, 6.45) is 0. The van der Waals surface area contributed by atoms with E-state index in [-0.39, 0.29) is 4.90 Å². The summed E-state index contributed by atoms with van der Waals surface area (Å²) >= 11 is 0. The first-order valence-electron chi connectivity index (χ1n) is 9.85. The second-order valence-electron chi connectivity index (χ2n) is 7.37. The lowest BCUT2D eigenvalue weighted by Gasteiger charge is -2.14. The van der Waals surface area contributed by atoms with E-state index in [0.717, 1.165) is 5.56 Å². The van der Waals surface area contributed by atoms with Crippen LogP contribution in [0.2, 0.25) is 0 Å². The number of hydrogen-bond acceptors (Lipinski definition) is 5. The summed E-state index contributed by atoms with van der Waals surface area (Å²) in [5.41, 5.74) is 2.71. The van der Waals surface area contributed by atoms with Gasteiger partial charge in [0.15, 0.2) is 5.58 Å². The highest BCUT2D eigenvalue weighted by Gasteiger charge is 2.21. The van der Waals surface area contributed by atoms with Crippen molar-refractivity contribution in [2.75, 3.05) is 10.0 Å². The summed E-state index contributed by atoms with van der Waals surface area (Å²) in [7, 11) is -3.72. The molecular formula is C23H21N3O5S. The standard InChI is InChI=1S/C23H21N3O5S/c1-15-7-13-19(14-8-15)32(29,30)25-18-11-9-17(10-12-18)24-22(27)16(2)26-20-5-3-4-6-21(20)31-23(26)28/h3-14,16,25H,1-2H3,(H,24,27). The predicted octanol–water partition coefficient (Wildman–Crippen LogP) is 3.90. The lowest BCUT2D eigenvalue weighted by atomic mass is 10.2. The maximum absolute atomic E-state index is 12.7. The number of aryl methyl sites for hydroxylation is 1. The molecule has 0 aliphatic rings. The van der Waals surface area contributed by atoms with Crippen LogP contribution in [-0.2, 0) is 14.8 Å². The van der Waals surface area contributed by atoms with E-state index in [2.05, 4.69) is 10.0 Å². The van der Waals surface area contributed by atoms with E-state index < -0.39 is 27.7 Å².